The van der Waals surface area contributed by atoms with Gasteiger partial charge in [-0.3, -0.25) is 9.69 Å². The summed E-state index contributed by atoms with van der Waals surface area (Å²) in [4.78, 5) is 30.1. The maximum atomic E-state index is 13.1. The lowest BCUT2D eigenvalue weighted by molar-refractivity contribution is -0.376. The van der Waals surface area contributed by atoms with E-state index >= 15 is 0 Å². The van der Waals surface area contributed by atoms with E-state index in [0.29, 0.717) is 55.2 Å². The van der Waals surface area contributed by atoms with E-state index in [1.54, 1.807) is 36.2 Å². The molecule has 7 nitrogen and oxygen atoms in total. The average molecular weight is 560 g/mol. The van der Waals surface area contributed by atoms with E-state index in [-0.39, 0.29) is 18.5 Å². The number of rotatable bonds is 6. The third kappa shape index (κ3) is 6.14. The van der Waals surface area contributed by atoms with Gasteiger partial charge in [0.1, 0.15) is 5.75 Å². The molecule has 0 radical (unpaired) electrons. The summed E-state index contributed by atoms with van der Waals surface area (Å²) in [6.07, 6.45) is -10.4. The molecule has 2 fully saturated rings. The molecule has 2 aromatic rings. The number of alkyl halides is 6. The number of halogens is 6. The molecule has 0 aromatic heterocycles. The van der Waals surface area contributed by atoms with Gasteiger partial charge >= 0.3 is 18.4 Å². The van der Waals surface area contributed by atoms with E-state index in [0.717, 1.165) is 25.0 Å². The van der Waals surface area contributed by atoms with Gasteiger partial charge in [-0.05, 0) is 42.7 Å². The fourth-order valence-corrected chi connectivity index (χ4v) is 4.34. The van der Waals surface area contributed by atoms with Gasteiger partial charge in [0.25, 0.3) is 11.5 Å². The van der Waals surface area contributed by atoms with Crippen molar-refractivity contribution in [1.82, 2.24) is 14.7 Å². The predicted molar refractivity (Wildman–Crippen MR) is 127 cm³/mol. The standard InChI is InChI=1S/C26H27F6N3O4/c1-33(20-8-9-20)23(37)39-21-10-4-18(5-11-21)22(36)35-14-12-34(13-15-35)16-17-2-6-19(7-3-17)24(38,25(27,28)29)26(30,31)32/h2-7,10-11,20,38H,8-9,12-16H2,1H3. The molecular formula is C26H27F6N3O4. The van der Waals surface area contributed by atoms with Gasteiger partial charge in [0.15, 0.2) is 0 Å². The molecule has 2 aliphatic rings. The van der Waals surface area contributed by atoms with Crippen LogP contribution in [0.15, 0.2) is 48.5 Å². The van der Waals surface area contributed by atoms with Crippen LogP contribution in [0.4, 0.5) is 31.1 Å². The first-order chi connectivity index (χ1) is 18.2. The molecule has 1 aliphatic heterocycles. The number of amides is 2. The van der Waals surface area contributed by atoms with Crippen LogP contribution >= 0.6 is 0 Å². The number of hydrogen-bond donors (Lipinski definition) is 1. The number of carbonyl (C=O) groups excluding carboxylic acids is 2. The topological polar surface area (TPSA) is 73.3 Å². The quantitative estimate of drug-likeness (QED) is 0.526. The van der Waals surface area contributed by atoms with Gasteiger partial charge in [0, 0.05) is 56.9 Å². The van der Waals surface area contributed by atoms with Gasteiger partial charge in [-0.25, -0.2) is 4.79 Å². The summed E-state index contributed by atoms with van der Waals surface area (Å²) < 4.78 is 83.8. The van der Waals surface area contributed by atoms with E-state index in [2.05, 4.69) is 0 Å². The maximum absolute atomic E-state index is 13.1. The Morgan fingerprint density at radius 1 is 0.897 bits per heavy atom. The van der Waals surface area contributed by atoms with E-state index in [4.69, 9.17) is 4.74 Å². The maximum Gasteiger partial charge on any atom is 0.430 e. The molecule has 13 heteroatoms. The number of piperazine rings is 1. The van der Waals surface area contributed by atoms with Crippen LogP contribution in [-0.2, 0) is 12.1 Å². The molecule has 0 spiro atoms. The summed E-state index contributed by atoms with van der Waals surface area (Å²) in [5, 5.41) is 9.52. The van der Waals surface area contributed by atoms with Gasteiger partial charge in [0.2, 0.25) is 0 Å². The van der Waals surface area contributed by atoms with E-state index < -0.39 is 29.6 Å². The van der Waals surface area contributed by atoms with Crippen molar-refractivity contribution >= 4 is 12.0 Å². The van der Waals surface area contributed by atoms with Crippen LogP contribution in [-0.4, -0.2) is 83.4 Å². The van der Waals surface area contributed by atoms with Gasteiger partial charge < -0.3 is 19.6 Å². The molecule has 1 saturated heterocycles. The van der Waals surface area contributed by atoms with Crippen molar-refractivity contribution in [2.75, 3.05) is 33.2 Å². The second-order valence-corrected chi connectivity index (χ2v) is 9.71. The molecular weight excluding hydrogens is 532 g/mol. The highest BCUT2D eigenvalue weighted by atomic mass is 19.4. The van der Waals surface area contributed by atoms with Crippen LogP contribution in [0.5, 0.6) is 5.75 Å². The van der Waals surface area contributed by atoms with Crippen molar-refractivity contribution in [3.8, 4) is 5.75 Å². The van der Waals surface area contributed by atoms with Crippen molar-refractivity contribution in [1.29, 1.82) is 0 Å². The second kappa shape index (κ2) is 10.7. The number of hydrogen-bond acceptors (Lipinski definition) is 5. The molecule has 1 heterocycles. The number of carbonyl (C=O) groups is 2. The number of ether oxygens (including phenoxy) is 1. The Labute approximate surface area is 220 Å². The highest BCUT2D eigenvalue weighted by Gasteiger charge is 2.71. The number of aliphatic hydroxyl groups is 1. The van der Waals surface area contributed by atoms with Crippen LogP contribution < -0.4 is 4.74 Å². The van der Waals surface area contributed by atoms with Crippen LogP contribution in [0.1, 0.15) is 34.3 Å². The Balaban J connectivity index is 1.30. The van der Waals surface area contributed by atoms with Crippen molar-refractivity contribution in [3.63, 3.8) is 0 Å². The zero-order valence-electron chi connectivity index (χ0n) is 20.9. The minimum absolute atomic E-state index is 0.208. The molecule has 0 unspecified atom stereocenters. The summed E-state index contributed by atoms with van der Waals surface area (Å²) in [7, 11) is 1.67. The van der Waals surface area contributed by atoms with Gasteiger partial charge in [-0.2, -0.15) is 26.3 Å². The lowest BCUT2D eigenvalue weighted by Gasteiger charge is -2.35. The van der Waals surface area contributed by atoms with Crippen molar-refractivity contribution < 1.29 is 45.8 Å². The SMILES string of the molecule is CN(C(=O)Oc1ccc(C(=O)N2CCN(Cc3ccc(C(O)(C(F)(F)F)C(F)(F)F)cc3)CC2)cc1)C1CC1. The van der Waals surface area contributed by atoms with Crippen molar-refractivity contribution in [2.45, 2.75) is 43.4 Å². The van der Waals surface area contributed by atoms with Gasteiger partial charge in [-0.15, -0.1) is 0 Å². The third-order valence-corrected chi connectivity index (χ3v) is 6.95. The Morgan fingerprint density at radius 3 is 1.92 bits per heavy atom. The number of benzene rings is 2. The molecule has 1 N–H and O–H groups in total. The Bertz CT molecular complexity index is 1160. The van der Waals surface area contributed by atoms with Gasteiger partial charge in [-0.1, -0.05) is 24.3 Å². The first-order valence-corrected chi connectivity index (χ1v) is 12.2. The highest BCUT2D eigenvalue weighted by molar-refractivity contribution is 5.94. The van der Waals surface area contributed by atoms with Crippen LogP contribution in [0, 0.1) is 0 Å². The molecule has 212 valence electrons. The molecule has 2 aromatic carbocycles. The molecule has 0 bridgehead atoms. The molecule has 2 amide bonds. The predicted octanol–water partition coefficient (Wildman–Crippen LogP) is 4.55. The lowest BCUT2D eigenvalue weighted by atomic mass is 9.91. The van der Waals surface area contributed by atoms with Crippen molar-refractivity contribution in [3.05, 3.63) is 65.2 Å². The fourth-order valence-electron chi connectivity index (χ4n) is 4.34. The Kier molecular flexibility index (Phi) is 7.86. The molecule has 0 atom stereocenters. The minimum atomic E-state index is -5.94. The lowest BCUT2D eigenvalue weighted by Crippen LogP contribution is -2.53. The zero-order chi connectivity index (χ0) is 28.6. The first-order valence-electron chi connectivity index (χ1n) is 12.2. The smallest absolute Gasteiger partial charge is 0.410 e. The van der Waals surface area contributed by atoms with Gasteiger partial charge in [0.05, 0.1) is 0 Å². The highest BCUT2D eigenvalue weighted by Crippen LogP contribution is 2.50. The second-order valence-electron chi connectivity index (χ2n) is 9.71. The van der Waals surface area contributed by atoms with E-state index in [1.807, 2.05) is 4.90 Å². The van der Waals surface area contributed by atoms with Crippen LogP contribution in [0.2, 0.25) is 0 Å². The number of nitrogens with zero attached hydrogens (tertiary/aromatic N) is 3. The Morgan fingerprint density at radius 2 is 1.44 bits per heavy atom. The monoisotopic (exact) mass is 559 g/mol. The third-order valence-electron chi connectivity index (χ3n) is 6.95. The molecule has 1 aliphatic carbocycles. The van der Waals surface area contributed by atoms with Crippen LogP contribution in [0.3, 0.4) is 0 Å². The fraction of sp³-hybridized carbons (Fsp3) is 0.462. The summed E-state index contributed by atoms with van der Waals surface area (Å²) in [5.74, 6) is 0.106. The van der Waals surface area contributed by atoms with E-state index in [1.165, 1.54) is 4.90 Å². The first kappa shape index (κ1) is 28.7. The normalized spacial score (nSPS) is 17.2. The molecule has 39 heavy (non-hydrogen) atoms. The zero-order valence-corrected chi connectivity index (χ0v) is 20.9. The van der Waals surface area contributed by atoms with Crippen molar-refractivity contribution in [2.24, 2.45) is 0 Å². The summed E-state index contributed by atoms with van der Waals surface area (Å²) >= 11 is 0. The molecule has 1 saturated carbocycles. The Hall–Kier alpha value is -3.32. The summed E-state index contributed by atoms with van der Waals surface area (Å²) in [6, 6.07) is 9.92. The largest absolute Gasteiger partial charge is 0.430 e. The molecule has 4 rings (SSSR count). The average Bonchev–Trinajstić information content (AvgIpc) is 3.73. The van der Waals surface area contributed by atoms with Crippen LogP contribution in [0.25, 0.3) is 0 Å². The summed E-state index contributed by atoms with van der Waals surface area (Å²) in [5.41, 5.74) is -5.39. The minimum Gasteiger partial charge on any atom is -0.410 e. The summed E-state index contributed by atoms with van der Waals surface area (Å²) in [6.45, 7) is 1.84. The van der Waals surface area contributed by atoms with E-state index in [9.17, 15) is 41.0 Å².